The van der Waals surface area contributed by atoms with Gasteiger partial charge in [0, 0.05) is 43.5 Å². The molecular weight excluding hydrogens is 528 g/mol. The molecule has 0 amide bonds. The maximum absolute atomic E-state index is 12.7. The largest absolute Gasteiger partial charge is 0.496 e. The molecule has 0 bridgehead atoms. The molecule has 0 aliphatic rings. The number of nitrogens with zero attached hydrogens (tertiary/aromatic N) is 4. The van der Waals surface area contributed by atoms with E-state index in [1.54, 1.807) is 37.3 Å². The summed E-state index contributed by atoms with van der Waals surface area (Å²) in [5, 5.41) is 19.8. The van der Waals surface area contributed by atoms with Crippen molar-refractivity contribution in [2.75, 3.05) is 20.8 Å². The lowest BCUT2D eigenvalue weighted by Gasteiger charge is -2.18. The standard InChI is InChI=1S/C29H32N4O6Si/c1-18-13-24(37-2)26(20-9-10-32(27(18)20)29(35)36)21(15-25(34)38-3)28-31-22-14-19(16-30)7-8-23(22)33(28)17-39-11-12-40(4,5)6/h7-10,13-15H,11-12,17H2,1-6H3,(H,35,36). The van der Waals surface area contributed by atoms with E-state index in [2.05, 4.69) is 25.7 Å². The van der Waals surface area contributed by atoms with Crippen molar-refractivity contribution in [1.29, 1.82) is 5.26 Å². The van der Waals surface area contributed by atoms with Crippen LogP contribution in [0.2, 0.25) is 25.7 Å². The number of hydrogen-bond donors (Lipinski definition) is 1. The minimum atomic E-state index is -1.34. The van der Waals surface area contributed by atoms with Crippen molar-refractivity contribution in [1.82, 2.24) is 14.1 Å². The van der Waals surface area contributed by atoms with Crippen LogP contribution in [0.5, 0.6) is 5.75 Å². The van der Waals surface area contributed by atoms with Crippen LogP contribution in [-0.4, -0.2) is 60.2 Å². The first kappa shape index (κ1) is 28.6. The molecule has 40 heavy (non-hydrogen) atoms. The fourth-order valence-electron chi connectivity index (χ4n) is 4.60. The first-order valence-corrected chi connectivity index (χ1v) is 16.4. The van der Waals surface area contributed by atoms with E-state index in [-0.39, 0.29) is 6.73 Å². The lowest BCUT2D eigenvalue weighted by Crippen LogP contribution is -2.22. The normalized spacial score (nSPS) is 12.1. The van der Waals surface area contributed by atoms with Crippen molar-refractivity contribution in [2.45, 2.75) is 39.3 Å². The number of fused-ring (bicyclic) bond motifs is 2. The molecule has 2 heterocycles. The van der Waals surface area contributed by atoms with E-state index in [0.29, 0.717) is 62.4 Å². The molecule has 0 aliphatic carbocycles. The van der Waals surface area contributed by atoms with Gasteiger partial charge in [0.05, 0.1) is 42.4 Å². The highest BCUT2D eigenvalue weighted by Crippen LogP contribution is 2.40. The maximum atomic E-state index is 12.7. The second-order valence-corrected chi connectivity index (χ2v) is 16.2. The van der Waals surface area contributed by atoms with E-state index in [1.165, 1.54) is 26.5 Å². The topological polar surface area (TPSA) is 129 Å². The van der Waals surface area contributed by atoms with Crippen LogP contribution in [0.4, 0.5) is 4.79 Å². The molecule has 0 aliphatic heterocycles. The Balaban J connectivity index is 2.02. The van der Waals surface area contributed by atoms with Gasteiger partial charge in [-0.05, 0) is 48.9 Å². The molecule has 0 spiro atoms. The molecule has 0 radical (unpaired) electrons. The Morgan fingerprint density at radius 2 is 1.93 bits per heavy atom. The van der Waals surface area contributed by atoms with Crippen LogP contribution < -0.4 is 4.74 Å². The molecule has 0 atom stereocenters. The van der Waals surface area contributed by atoms with Gasteiger partial charge in [0.2, 0.25) is 0 Å². The number of carbonyl (C=O) groups is 2. The number of ether oxygens (including phenoxy) is 3. The quantitative estimate of drug-likeness (QED) is 0.121. The van der Waals surface area contributed by atoms with Gasteiger partial charge in [0.25, 0.3) is 0 Å². The minimum absolute atomic E-state index is 0.147. The van der Waals surface area contributed by atoms with Gasteiger partial charge in [0.1, 0.15) is 18.3 Å². The van der Waals surface area contributed by atoms with Crippen LogP contribution in [0.3, 0.4) is 0 Å². The molecule has 4 aromatic rings. The molecule has 11 heteroatoms. The van der Waals surface area contributed by atoms with Gasteiger partial charge in [-0.25, -0.2) is 14.6 Å². The number of aryl methyl sites for hydroxylation is 1. The third-order valence-electron chi connectivity index (χ3n) is 6.62. The molecule has 4 rings (SSSR count). The number of rotatable bonds is 9. The van der Waals surface area contributed by atoms with Crippen molar-refractivity contribution in [2.24, 2.45) is 0 Å². The summed E-state index contributed by atoms with van der Waals surface area (Å²) in [6.45, 7) is 9.31. The third kappa shape index (κ3) is 5.63. The minimum Gasteiger partial charge on any atom is -0.496 e. The monoisotopic (exact) mass is 560 g/mol. The summed E-state index contributed by atoms with van der Waals surface area (Å²) in [5.41, 5.74) is 3.68. The first-order chi connectivity index (χ1) is 19.0. The number of esters is 1. The smallest absolute Gasteiger partial charge is 0.416 e. The Labute approximate surface area is 233 Å². The number of carboxylic acid groups (broad SMARTS) is 1. The number of hydrogen-bond acceptors (Lipinski definition) is 7. The van der Waals surface area contributed by atoms with Gasteiger partial charge in [-0.3, -0.25) is 9.13 Å². The summed E-state index contributed by atoms with van der Waals surface area (Å²) in [6.07, 6.45) is 1.63. The molecule has 2 aromatic heterocycles. The third-order valence-corrected chi connectivity index (χ3v) is 8.32. The lowest BCUT2D eigenvalue weighted by atomic mass is 9.97. The molecule has 0 saturated carbocycles. The van der Waals surface area contributed by atoms with E-state index >= 15 is 0 Å². The van der Waals surface area contributed by atoms with E-state index in [0.717, 1.165) is 10.6 Å². The zero-order chi connectivity index (χ0) is 29.2. The Morgan fingerprint density at radius 3 is 2.55 bits per heavy atom. The zero-order valence-corrected chi connectivity index (χ0v) is 24.4. The molecule has 0 saturated heterocycles. The zero-order valence-electron chi connectivity index (χ0n) is 23.4. The fraction of sp³-hybridized carbons (Fsp3) is 0.310. The van der Waals surface area contributed by atoms with Crippen molar-refractivity contribution in [3.63, 3.8) is 0 Å². The van der Waals surface area contributed by atoms with E-state index in [4.69, 9.17) is 19.2 Å². The van der Waals surface area contributed by atoms with Gasteiger partial charge in [-0.2, -0.15) is 5.26 Å². The van der Waals surface area contributed by atoms with Crippen LogP contribution in [0.1, 0.15) is 22.5 Å². The fourth-order valence-corrected chi connectivity index (χ4v) is 5.36. The van der Waals surface area contributed by atoms with E-state index in [1.807, 2.05) is 4.57 Å². The number of imidazole rings is 1. The lowest BCUT2D eigenvalue weighted by molar-refractivity contribution is -0.134. The number of aromatic nitrogens is 3. The Kier molecular flexibility index (Phi) is 8.13. The predicted octanol–water partition coefficient (Wildman–Crippen LogP) is 5.62. The highest BCUT2D eigenvalue weighted by atomic mass is 28.3. The van der Waals surface area contributed by atoms with Crippen LogP contribution >= 0.6 is 0 Å². The van der Waals surface area contributed by atoms with Gasteiger partial charge >= 0.3 is 12.1 Å². The molecule has 10 nitrogen and oxygen atoms in total. The summed E-state index contributed by atoms with van der Waals surface area (Å²) in [5.74, 6) is 0.189. The molecule has 2 aromatic carbocycles. The van der Waals surface area contributed by atoms with E-state index in [9.17, 15) is 20.0 Å². The highest BCUT2D eigenvalue weighted by molar-refractivity contribution is 6.76. The molecule has 0 unspecified atom stereocenters. The molecule has 0 fully saturated rings. The van der Waals surface area contributed by atoms with Crippen molar-refractivity contribution < 1.29 is 28.9 Å². The van der Waals surface area contributed by atoms with Crippen LogP contribution in [0.15, 0.2) is 42.6 Å². The van der Waals surface area contributed by atoms with Crippen LogP contribution in [0.25, 0.3) is 27.5 Å². The Morgan fingerprint density at radius 1 is 1.18 bits per heavy atom. The van der Waals surface area contributed by atoms with Crippen molar-refractivity contribution in [3.8, 4) is 11.8 Å². The summed E-state index contributed by atoms with van der Waals surface area (Å²) in [4.78, 5) is 29.6. The maximum Gasteiger partial charge on any atom is 0.416 e. The van der Waals surface area contributed by atoms with E-state index < -0.39 is 20.1 Å². The Hall–Kier alpha value is -4.40. The van der Waals surface area contributed by atoms with Gasteiger partial charge in [0.15, 0.2) is 0 Å². The van der Waals surface area contributed by atoms with Crippen molar-refractivity contribution >= 4 is 47.6 Å². The molecule has 1 N–H and O–H groups in total. The highest BCUT2D eigenvalue weighted by Gasteiger charge is 2.26. The summed E-state index contributed by atoms with van der Waals surface area (Å²) in [7, 11) is 1.45. The first-order valence-electron chi connectivity index (χ1n) is 12.7. The molecule has 208 valence electrons. The summed E-state index contributed by atoms with van der Waals surface area (Å²) >= 11 is 0. The average molecular weight is 561 g/mol. The van der Waals surface area contributed by atoms with Crippen LogP contribution in [-0.2, 0) is 21.0 Å². The average Bonchev–Trinajstić information content (AvgIpc) is 3.51. The second kappa shape index (κ2) is 11.4. The second-order valence-electron chi connectivity index (χ2n) is 10.6. The number of nitriles is 1. The predicted molar refractivity (Wildman–Crippen MR) is 154 cm³/mol. The summed E-state index contributed by atoms with van der Waals surface area (Å²) in [6, 6.07) is 11.7. The van der Waals surface area contributed by atoms with Gasteiger partial charge in [-0.15, -0.1) is 0 Å². The van der Waals surface area contributed by atoms with Crippen LogP contribution in [0, 0.1) is 18.3 Å². The number of carbonyl (C=O) groups excluding carboxylic acids is 1. The summed E-state index contributed by atoms with van der Waals surface area (Å²) < 4.78 is 19.8. The van der Waals surface area contributed by atoms with Gasteiger partial charge in [-0.1, -0.05) is 19.6 Å². The Bertz CT molecular complexity index is 1690. The molecular formula is C29H32N4O6Si. The number of benzene rings is 2. The SMILES string of the molecule is COC(=O)C=C(c1c(OC)cc(C)c2c1ccn2C(=O)O)c1nc2cc(C#N)ccc2n1COCC[Si](C)(C)C. The van der Waals surface area contributed by atoms with Gasteiger partial charge < -0.3 is 19.3 Å². The van der Waals surface area contributed by atoms with Crippen molar-refractivity contribution in [3.05, 3.63) is 65.1 Å². The number of methoxy groups -OCH3 is 2.